The summed E-state index contributed by atoms with van der Waals surface area (Å²) in [5.41, 5.74) is 6.90. The smallest absolute Gasteiger partial charge is 0.218 e. The lowest BCUT2D eigenvalue weighted by molar-refractivity contribution is 0.122. The summed E-state index contributed by atoms with van der Waals surface area (Å²) in [5.74, 6) is 0.687. The number of likely N-dealkylation sites (tertiary alicyclic amines) is 1. The highest BCUT2D eigenvalue weighted by molar-refractivity contribution is 5.28. The molecule has 0 amide bonds. The summed E-state index contributed by atoms with van der Waals surface area (Å²) in [4.78, 5) is 6.66. The quantitative estimate of drug-likeness (QED) is 0.886. The molecule has 0 radical (unpaired) electrons. The molecule has 1 aromatic rings. The van der Waals surface area contributed by atoms with Gasteiger partial charge in [-0.15, -0.1) is 0 Å². The molecule has 100 valence electrons. The van der Waals surface area contributed by atoms with E-state index < -0.39 is 0 Å². The van der Waals surface area contributed by atoms with Crippen LogP contribution in [0.4, 0.5) is 0 Å². The molecule has 4 nitrogen and oxygen atoms in total. The Bertz CT molecular complexity index is 381. The normalized spacial score (nSPS) is 22.7. The van der Waals surface area contributed by atoms with Gasteiger partial charge in [0.05, 0.1) is 0 Å². The molecule has 1 aliphatic rings. The summed E-state index contributed by atoms with van der Waals surface area (Å²) in [5, 5.41) is 0. The Morgan fingerprint density at radius 3 is 3.11 bits per heavy atom. The van der Waals surface area contributed by atoms with Crippen LogP contribution in [-0.2, 0) is 0 Å². The first-order chi connectivity index (χ1) is 8.68. The SMILES string of the molecule is CC(N)c1cccnc1OCC1CCCCN1C. The topological polar surface area (TPSA) is 51.4 Å². The molecule has 0 bridgehead atoms. The first-order valence-electron chi connectivity index (χ1n) is 6.72. The van der Waals surface area contributed by atoms with Crippen molar-refractivity contribution >= 4 is 0 Å². The maximum absolute atomic E-state index is 5.92. The standard InChI is InChI=1S/C14H23N3O/c1-11(15)13-7-5-8-16-14(13)18-10-12-6-3-4-9-17(12)2/h5,7-8,11-12H,3-4,6,9-10,15H2,1-2H3. The highest BCUT2D eigenvalue weighted by Crippen LogP contribution is 2.22. The summed E-state index contributed by atoms with van der Waals surface area (Å²) >= 11 is 0. The largest absolute Gasteiger partial charge is 0.476 e. The number of ether oxygens (including phenoxy) is 1. The molecule has 2 heterocycles. The van der Waals surface area contributed by atoms with Crippen LogP contribution in [0, 0.1) is 0 Å². The van der Waals surface area contributed by atoms with Crippen molar-refractivity contribution in [2.75, 3.05) is 20.2 Å². The fourth-order valence-electron chi connectivity index (χ4n) is 2.40. The van der Waals surface area contributed by atoms with Gasteiger partial charge >= 0.3 is 0 Å². The van der Waals surface area contributed by atoms with E-state index in [1.165, 1.54) is 19.3 Å². The van der Waals surface area contributed by atoms with E-state index in [9.17, 15) is 0 Å². The molecule has 0 saturated carbocycles. The van der Waals surface area contributed by atoms with Gasteiger partial charge in [0.1, 0.15) is 6.61 Å². The molecule has 0 aromatic carbocycles. The lowest BCUT2D eigenvalue weighted by Gasteiger charge is -2.32. The molecule has 2 unspecified atom stereocenters. The van der Waals surface area contributed by atoms with Crippen LogP contribution in [0.15, 0.2) is 18.3 Å². The molecule has 18 heavy (non-hydrogen) atoms. The predicted molar refractivity (Wildman–Crippen MR) is 72.6 cm³/mol. The molecular weight excluding hydrogens is 226 g/mol. The van der Waals surface area contributed by atoms with Crippen molar-refractivity contribution in [3.05, 3.63) is 23.9 Å². The molecular formula is C14H23N3O. The molecule has 0 aliphatic carbocycles. The average Bonchev–Trinajstić information content (AvgIpc) is 2.38. The Morgan fingerprint density at radius 1 is 1.56 bits per heavy atom. The van der Waals surface area contributed by atoms with Crippen LogP contribution in [0.2, 0.25) is 0 Å². The number of aromatic nitrogens is 1. The van der Waals surface area contributed by atoms with Crippen LogP contribution in [0.3, 0.4) is 0 Å². The van der Waals surface area contributed by atoms with Crippen molar-refractivity contribution in [1.29, 1.82) is 0 Å². The molecule has 1 aliphatic heterocycles. The third-order valence-corrected chi connectivity index (χ3v) is 3.63. The average molecular weight is 249 g/mol. The van der Waals surface area contributed by atoms with E-state index in [1.54, 1.807) is 6.20 Å². The monoisotopic (exact) mass is 249 g/mol. The maximum atomic E-state index is 5.92. The number of hydrogen-bond acceptors (Lipinski definition) is 4. The second-order valence-electron chi connectivity index (χ2n) is 5.13. The van der Waals surface area contributed by atoms with Crippen molar-refractivity contribution in [2.24, 2.45) is 5.73 Å². The lowest BCUT2D eigenvalue weighted by atomic mass is 10.0. The lowest BCUT2D eigenvalue weighted by Crippen LogP contribution is -2.40. The molecule has 2 rings (SSSR count). The highest BCUT2D eigenvalue weighted by atomic mass is 16.5. The van der Waals surface area contributed by atoms with Gasteiger partial charge in [-0.3, -0.25) is 0 Å². The van der Waals surface area contributed by atoms with Gasteiger partial charge in [0.25, 0.3) is 0 Å². The van der Waals surface area contributed by atoms with Gasteiger partial charge in [-0.2, -0.15) is 0 Å². The van der Waals surface area contributed by atoms with Crippen molar-refractivity contribution in [3.63, 3.8) is 0 Å². The van der Waals surface area contributed by atoms with Gasteiger partial charge in [-0.05, 0) is 39.4 Å². The van der Waals surface area contributed by atoms with Gasteiger partial charge in [0.2, 0.25) is 5.88 Å². The van der Waals surface area contributed by atoms with Crippen LogP contribution >= 0.6 is 0 Å². The van der Waals surface area contributed by atoms with Crippen LogP contribution < -0.4 is 10.5 Å². The zero-order valence-corrected chi connectivity index (χ0v) is 11.3. The van der Waals surface area contributed by atoms with Gasteiger partial charge in [-0.1, -0.05) is 12.5 Å². The molecule has 1 saturated heterocycles. The number of piperidine rings is 1. The highest BCUT2D eigenvalue weighted by Gasteiger charge is 2.20. The number of nitrogens with zero attached hydrogens (tertiary/aromatic N) is 2. The maximum Gasteiger partial charge on any atom is 0.218 e. The second kappa shape index (κ2) is 6.16. The van der Waals surface area contributed by atoms with Crippen molar-refractivity contribution in [1.82, 2.24) is 9.88 Å². The molecule has 2 N–H and O–H groups in total. The Kier molecular flexibility index (Phi) is 4.55. The summed E-state index contributed by atoms with van der Waals surface area (Å²) in [6.07, 6.45) is 5.55. The molecule has 1 aromatic heterocycles. The van der Waals surface area contributed by atoms with Crippen LogP contribution in [0.5, 0.6) is 5.88 Å². The molecule has 0 spiro atoms. The number of nitrogens with two attached hydrogens (primary N) is 1. The van der Waals surface area contributed by atoms with E-state index in [0.29, 0.717) is 18.5 Å². The minimum absolute atomic E-state index is 0.0437. The first kappa shape index (κ1) is 13.3. The molecule has 1 fully saturated rings. The second-order valence-corrected chi connectivity index (χ2v) is 5.13. The first-order valence-corrected chi connectivity index (χ1v) is 6.72. The Labute approximate surface area is 109 Å². The number of likely N-dealkylation sites (N-methyl/N-ethyl adjacent to an activating group) is 1. The number of pyridine rings is 1. The van der Waals surface area contributed by atoms with Crippen molar-refractivity contribution in [3.8, 4) is 5.88 Å². The van der Waals surface area contributed by atoms with Gasteiger partial charge in [0, 0.05) is 23.8 Å². The van der Waals surface area contributed by atoms with E-state index in [-0.39, 0.29) is 6.04 Å². The van der Waals surface area contributed by atoms with E-state index in [0.717, 1.165) is 12.1 Å². The third kappa shape index (κ3) is 3.21. The van der Waals surface area contributed by atoms with Crippen molar-refractivity contribution in [2.45, 2.75) is 38.3 Å². The minimum Gasteiger partial charge on any atom is -0.476 e. The van der Waals surface area contributed by atoms with Crippen LogP contribution in [-0.4, -0.2) is 36.1 Å². The summed E-state index contributed by atoms with van der Waals surface area (Å²) in [7, 11) is 2.16. The zero-order chi connectivity index (χ0) is 13.0. The van der Waals surface area contributed by atoms with Gasteiger partial charge in [-0.25, -0.2) is 4.98 Å². The van der Waals surface area contributed by atoms with E-state index in [1.807, 2.05) is 19.1 Å². The summed E-state index contributed by atoms with van der Waals surface area (Å²) in [6, 6.07) is 4.34. The summed E-state index contributed by atoms with van der Waals surface area (Å²) in [6.45, 7) is 3.82. The fourth-order valence-corrected chi connectivity index (χ4v) is 2.40. The predicted octanol–water partition coefficient (Wildman–Crippen LogP) is 1.96. The molecule has 4 heteroatoms. The van der Waals surface area contributed by atoms with Crippen molar-refractivity contribution < 1.29 is 4.74 Å². The van der Waals surface area contributed by atoms with E-state index in [2.05, 4.69) is 16.9 Å². The Balaban J connectivity index is 1.97. The molecule has 2 atom stereocenters. The third-order valence-electron chi connectivity index (χ3n) is 3.63. The number of hydrogen-bond donors (Lipinski definition) is 1. The zero-order valence-electron chi connectivity index (χ0n) is 11.3. The van der Waals surface area contributed by atoms with Gasteiger partial charge < -0.3 is 15.4 Å². The Hall–Kier alpha value is -1.13. The van der Waals surface area contributed by atoms with Crippen LogP contribution in [0.25, 0.3) is 0 Å². The minimum atomic E-state index is -0.0437. The number of rotatable bonds is 4. The Morgan fingerprint density at radius 2 is 2.39 bits per heavy atom. The van der Waals surface area contributed by atoms with Crippen LogP contribution in [0.1, 0.15) is 37.8 Å². The van der Waals surface area contributed by atoms with E-state index >= 15 is 0 Å². The van der Waals surface area contributed by atoms with E-state index in [4.69, 9.17) is 10.5 Å². The van der Waals surface area contributed by atoms with Gasteiger partial charge in [0.15, 0.2) is 0 Å². The fraction of sp³-hybridized carbons (Fsp3) is 0.643. The summed E-state index contributed by atoms with van der Waals surface area (Å²) < 4.78 is 5.88.